The zero-order valence-corrected chi connectivity index (χ0v) is 19.5. The molecule has 0 saturated carbocycles. The second kappa shape index (κ2) is 11.4. The lowest BCUT2D eigenvalue weighted by molar-refractivity contribution is -0.137. The molecule has 6 nitrogen and oxygen atoms in total. The summed E-state index contributed by atoms with van der Waals surface area (Å²) >= 11 is 1.44. The van der Waals surface area contributed by atoms with Crippen LogP contribution >= 0.6 is 11.8 Å². The van der Waals surface area contributed by atoms with Crippen LogP contribution in [0.3, 0.4) is 0 Å². The van der Waals surface area contributed by atoms with E-state index < -0.39 is 5.97 Å². The second-order valence-electron chi connectivity index (χ2n) is 7.95. The summed E-state index contributed by atoms with van der Waals surface area (Å²) in [6.45, 7) is 0.953. The molecule has 1 unspecified atom stereocenters. The van der Waals surface area contributed by atoms with E-state index in [9.17, 15) is 14.7 Å². The molecule has 174 valence electrons. The van der Waals surface area contributed by atoms with E-state index in [0.717, 1.165) is 41.4 Å². The number of para-hydroxylation sites is 1. The number of carboxylic acid groups (broad SMARTS) is 1. The van der Waals surface area contributed by atoms with Crippen molar-refractivity contribution in [3.63, 3.8) is 0 Å². The first-order chi connectivity index (χ1) is 16.6. The number of carbonyl (C=O) groups is 2. The van der Waals surface area contributed by atoms with E-state index in [1.54, 1.807) is 12.1 Å². The lowest BCUT2D eigenvalue weighted by atomic mass is 10.1. The summed E-state index contributed by atoms with van der Waals surface area (Å²) < 4.78 is 0. The van der Waals surface area contributed by atoms with Crippen molar-refractivity contribution in [1.82, 2.24) is 5.32 Å². The number of nitrogens with one attached hydrogen (secondary N) is 3. The van der Waals surface area contributed by atoms with E-state index in [-0.39, 0.29) is 17.6 Å². The molecule has 3 aromatic rings. The molecule has 0 fully saturated rings. The van der Waals surface area contributed by atoms with Gasteiger partial charge in [-0.1, -0.05) is 42.5 Å². The van der Waals surface area contributed by atoms with Gasteiger partial charge >= 0.3 is 5.97 Å². The molecular weight excluding hydrogens is 446 g/mol. The average molecular weight is 474 g/mol. The molecule has 0 bridgehead atoms. The third-order valence-electron chi connectivity index (χ3n) is 5.41. The molecule has 1 atom stereocenters. The Morgan fingerprint density at radius 2 is 1.71 bits per heavy atom. The first-order valence-electron chi connectivity index (χ1n) is 11.2. The Hall–Kier alpha value is -3.71. The largest absolute Gasteiger partial charge is 0.481 e. The minimum atomic E-state index is -0.865. The number of anilines is 2. The molecule has 0 radical (unpaired) electrons. The maximum Gasteiger partial charge on any atom is 0.304 e. The highest BCUT2D eigenvalue weighted by molar-refractivity contribution is 7.99. The van der Waals surface area contributed by atoms with Gasteiger partial charge in [0.05, 0.1) is 17.9 Å². The molecule has 34 heavy (non-hydrogen) atoms. The van der Waals surface area contributed by atoms with Crippen LogP contribution in [0.25, 0.3) is 0 Å². The zero-order valence-electron chi connectivity index (χ0n) is 18.7. The van der Waals surface area contributed by atoms with Gasteiger partial charge in [0.2, 0.25) is 0 Å². The number of carboxylic acids is 1. The molecule has 1 aliphatic heterocycles. The summed E-state index contributed by atoms with van der Waals surface area (Å²) in [7, 11) is 0. The third-order valence-corrected chi connectivity index (χ3v) is 6.74. The van der Waals surface area contributed by atoms with Crippen LogP contribution in [0.5, 0.6) is 0 Å². The smallest absolute Gasteiger partial charge is 0.304 e. The van der Waals surface area contributed by atoms with E-state index >= 15 is 0 Å². The van der Waals surface area contributed by atoms with Gasteiger partial charge in [-0.2, -0.15) is 0 Å². The van der Waals surface area contributed by atoms with E-state index in [1.807, 2.05) is 66.7 Å². The predicted octanol–water partition coefficient (Wildman–Crippen LogP) is 5.88. The quantitative estimate of drug-likeness (QED) is 0.290. The highest BCUT2D eigenvalue weighted by Gasteiger charge is 2.19. The number of aliphatic carboxylic acids is 1. The van der Waals surface area contributed by atoms with Crippen LogP contribution in [-0.4, -0.2) is 23.5 Å². The van der Waals surface area contributed by atoms with Crippen molar-refractivity contribution in [3.8, 4) is 0 Å². The van der Waals surface area contributed by atoms with Crippen molar-refractivity contribution in [3.05, 3.63) is 102 Å². The molecule has 1 heterocycles. The fourth-order valence-corrected chi connectivity index (χ4v) is 4.90. The number of carbonyl (C=O) groups excluding carboxylic acids is 1. The Labute approximate surface area is 203 Å². The van der Waals surface area contributed by atoms with Gasteiger partial charge in [-0.3, -0.25) is 9.59 Å². The highest BCUT2D eigenvalue weighted by atomic mass is 32.2. The maximum absolute atomic E-state index is 12.9. The minimum Gasteiger partial charge on any atom is -0.481 e. The number of hydrogen-bond acceptors (Lipinski definition) is 5. The third kappa shape index (κ3) is 6.42. The molecule has 3 aromatic carbocycles. The van der Waals surface area contributed by atoms with Crippen molar-refractivity contribution in [2.24, 2.45) is 0 Å². The molecule has 0 spiro atoms. The monoisotopic (exact) mass is 473 g/mol. The summed E-state index contributed by atoms with van der Waals surface area (Å²) in [6, 6.07) is 24.4. The van der Waals surface area contributed by atoms with E-state index in [2.05, 4.69) is 22.0 Å². The van der Waals surface area contributed by atoms with E-state index in [4.69, 9.17) is 0 Å². The molecule has 0 aliphatic carbocycles. The number of rotatable bonds is 9. The predicted molar refractivity (Wildman–Crippen MR) is 137 cm³/mol. The molecule has 1 aliphatic rings. The van der Waals surface area contributed by atoms with Crippen molar-refractivity contribution in [2.75, 3.05) is 17.2 Å². The van der Waals surface area contributed by atoms with Gasteiger partial charge in [-0.15, -0.1) is 11.8 Å². The zero-order chi connectivity index (χ0) is 23.8. The average Bonchev–Trinajstić information content (AvgIpc) is 2.86. The van der Waals surface area contributed by atoms with Crippen molar-refractivity contribution in [2.45, 2.75) is 29.4 Å². The summed E-state index contributed by atoms with van der Waals surface area (Å²) in [6.07, 6.45) is 4.29. The standard InChI is InChI=1S/C27H27N3O3S/c31-26(32)18-24(19-8-2-1-3-9-19)34-23-11-5-4-10-22(23)30-27(33)20-13-15-21(16-14-20)29-25-12-6-7-17-28-25/h1-5,8-16,24,28-29H,6-7,17-18H2,(H,30,33)(H,31,32). The Balaban J connectivity index is 1.46. The summed E-state index contributed by atoms with van der Waals surface area (Å²) in [5.74, 6) is -0.0939. The van der Waals surface area contributed by atoms with E-state index in [1.165, 1.54) is 11.8 Å². The van der Waals surface area contributed by atoms with Gasteiger partial charge in [-0.05, 0) is 60.9 Å². The number of thioether (sulfide) groups is 1. The molecule has 0 aromatic heterocycles. The first kappa shape index (κ1) is 23.4. The summed E-state index contributed by atoms with van der Waals surface area (Å²) in [5, 5.41) is 18.8. The first-order valence-corrected chi connectivity index (χ1v) is 12.1. The Kier molecular flexibility index (Phi) is 7.88. The number of amides is 1. The van der Waals surface area contributed by atoms with Gasteiger partial charge in [0.25, 0.3) is 5.91 Å². The van der Waals surface area contributed by atoms with Gasteiger partial charge in [-0.25, -0.2) is 0 Å². The topological polar surface area (TPSA) is 90.5 Å². The fourth-order valence-electron chi connectivity index (χ4n) is 3.67. The normalized spacial score (nSPS) is 13.8. The lowest BCUT2D eigenvalue weighted by Crippen LogP contribution is -2.23. The maximum atomic E-state index is 12.9. The SMILES string of the molecule is O=C(O)CC(Sc1ccccc1NC(=O)c1ccc(NC2=CCCCN2)cc1)c1ccccc1. The minimum absolute atomic E-state index is 0.0171. The van der Waals surface area contributed by atoms with Crippen LogP contribution in [0.4, 0.5) is 11.4 Å². The summed E-state index contributed by atoms with van der Waals surface area (Å²) in [4.78, 5) is 25.2. The van der Waals surface area contributed by atoms with Crippen molar-refractivity contribution >= 4 is 35.0 Å². The number of allylic oxidation sites excluding steroid dienone is 1. The van der Waals surface area contributed by atoms with Gasteiger partial charge in [0.1, 0.15) is 0 Å². The van der Waals surface area contributed by atoms with Crippen molar-refractivity contribution in [1.29, 1.82) is 0 Å². The van der Waals surface area contributed by atoms with Gasteiger partial charge in [0, 0.05) is 27.9 Å². The molecular formula is C27H27N3O3S. The Bertz CT molecular complexity index is 1160. The van der Waals surface area contributed by atoms with Crippen LogP contribution in [0.15, 0.2) is 95.7 Å². The molecule has 0 saturated heterocycles. The molecule has 4 N–H and O–H groups in total. The van der Waals surface area contributed by atoms with Crippen LogP contribution in [0, 0.1) is 0 Å². The summed E-state index contributed by atoms with van der Waals surface area (Å²) in [5.41, 5.74) is 3.04. The number of benzene rings is 3. The van der Waals surface area contributed by atoms with Crippen LogP contribution in [-0.2, 0) is 4.79 Å². The highest BCUT2D eigenvalue weighted by Crippen LogP contribution is 2.41. The van der Waals surface area contributed by atoms with E-state index in [0.29, 0.717) is 11.3 Å². The Morgan fingerprint density at radius 3 is 2.41 bits per heavy atom. The van der Waals surface area contributed by atoms with Crippen LogP contribution in [0.2, 0.25) is 0 Å². The van der Waals surface area contributed by atoms with Crippen LogP contribution < -0.4 is 16.0 Å². The molecule has 1 amide bonds. The Morgan fingerprint density at radius 1 is 0.971 bits per heavy atom. The lowest BCUT2D eigenvalue weighted by Gasteiger charge is -2.18. The molecule has 4 rings (SSSR count). The fraction of sp³-hybridized carbons (Fsp3) is 0.185. The number of hydrogen-bond donors (Lipinski definition) is 4. The second-order valence-corrected chi connectivity index (χ2v) is 9.20. The van der Waals surface area contributed by atoms with Gasteiger partial charge in [0.15, 0.2) is 0 Å². The molecule has 7 heteroatoms. The van der Waals surface area contributed by atoms with Gasteiger partial charge < -0.3 is 21.1 Å². The van der Waals surface area contributed by atoms with Crippen molar-refractivity contribution < 1.29 is 14.7 Å². The van der Waals surface area contributed by atoms with Crippen LogP contribution in [0.1, 0.15) is 40.4 Å².